The van der Waals surface area contributed by atoms with E-state index in [9.17, 15) is 9.59 Å². The Kier molecular flexibility index (Phi) is 6.40. The predicted molar refractivity (Wildman–Crippen MR) is 123 cm³/mol. The minimum absolute atomic E-state index is 0.169. The number of methoxy groups -OCH3 is 2. The average Bonchev–Trinajstić information content (AvgIpc) is 3.24. The van der Waals surface area contributed by atoms with Crippen LogP contribution in [0.4, 0.5) is 5.69 Å². The zero-order valence-electron chi connectivity index (χ0n) is 18.2. The lowest BCUT2D eigenvalue weighted by molar-refractivity contribution is -0.122. The van der Waals surface area contributed by atoms with E-state index in [-0.39, 0.29) is 11.8 Å². The summed E-state index contributed by atoms with van der Waals surface area (Å²) in [6.45, 7) is 0.432. The lowest BCUT2D eigenvalue weighted by Crippen LogP contribution is -2.48. The molecule has 1 heterocycles. The highest BCUT2D eigenvalue weighted by molar-refractivity contribution is 6.11. The minimum atomic E-state index is -0.585. The van der Waals surface area contributed by atoms with Gasteiger partial charge < -0.3 is 14.8 Å². The summed E-state index contributed by atoms with van der Waals surface area (Å²) in [5.74, 6) is 1.09. The number of benzene rings is 3. The molecule has 0 radical (unpaired) electrons. The van der Waals surface area contributed by atoms with E-state index < -0.39 is 6.04 Å². The summed E-state index contributed by atoms with van der Waals surface area (Å²) in [4.78, 5) is 28.0. The van der Waals surface area contributed by atoms with Crippen LogP contribution in [0.5, 0.6) is 11.5 Å². The SMILES string of the molecule is COc1ccc(CCNC(=O)C2Cc3ccccc3N2C(=O)c2ccccc2)c(OC)c1. The molecule has 3 aromatic rings. The third kappa shape index (κ3) is 4.30. The highest BCUT2D eigenvalue weighted by Crippen LogP contribution is 2.33. The van der Waals surface area contributed by atoms with Crippen LogP contribution < -0.4 is 19.7 Å². The standard InChI is InChI=1S/C26H26N2O4/c1-31-21-13-12-18(24(17-21)32-2)14-15-27-25(29)23-16-20-10-6-7-11-22(20)28(23)26(30)19-8-4-3-5-9-19/h3-13,17,23H,14-16H2,1-2H3,(H,27,29). The number of carbonyl (C=O) groups excluding carboxylic acids is 2. The molecule has 2 amide bonds. The first-order valence-electron chi connectivity index (χ1n) is 10.6. The van der Waals surface area contributed by atoms with E-state index in [0.717, 1.165) is 16.8 Å². The Balaban J connectivity index is 1.48. The van der Waals surface area contributed by atoms with Gasteiger partial charge in [-0.25, -0.2) is 0 Å². The van der Waals surface area contributed by atoms with E-state index in [0.29, 0.717) is 36.4 Å². The first-order valence-corrected chi connectivity index (χ1v) is 10.6. The summed E-state index contributed by atoms with van der Waals surface area (Å²) in [5.41, 5.74) is 3.32. The van der Waals surface area contributed by atoms with Crippen molar-refractivity contribution in [2.75, 3.05) is 25.7 Å². The molecule has 1 unspecified atom stereocenters. The molecule has 0 aromatic heterocycles. The number of hydrogen-bond acceptors (Lipinski definition) is 4. The maximum absolute atomic E-state index is 13.3. The lowest BCUT2D eigenvalue weighted by atomic mass is 10.1. The predicted octanol–water partition coefficient (Wildman–Crippen LogP) is 3.63. The molecule has 0 fully saturated rings. The fourth-order valence-corrected chi connectivity index (χ4v) is 4.06. The fraction of sp³-hybridized carbons (Fsp3) is 0.231. The van der Waals surface area contributed by atoms with Gasteiger partial charge in [0.05, 0.1) is 14.2 Å². The van der Waals surface area contributed by atoms with Crippen LogP contribution in [0.3, 0.4) is 0 Å². The largest absolute Gasteiger partial charge is 0.497 e. The molecule has 1 N–H and O–H groups in total. The first-order chi connectivity index (χ1) is 15.6. The zero-order chi connectivity index (χ0) is 22.5. The molecule has 0 saturated heterocycles. The van der Waals surface area contributed by atoms with Gasteiger partial charge in [-0.1, -0.05) is 42.5 Å². The molecular weight excluding hydrogens is 404 g/mol. The summed E-state index contributed by atoms with van der Waals surface area (Å²) in [6, 6.07) is 21.8. The summed E-state index contributed by atoms with van der Waals surface area (Å²) < 4.78 is 10.7. The van der Waals surface area contributed by atoms with E-state index >= 15 is 0 Å². The van der Waals surface area contributed by atoms with Crippen LogP contribution in [-0.2, 0) is 17.6 Å². The van der Waals surface area contributed by atoms with Crippen molar-refractivity contribution in [3.63, 3.8) is 0 Å². The number of nitrogens with zero attached hydrogens (tertiary/aromatic N) is 1. The van der Waals surface area contributed by atoms with Gasteiger partial charge in [0, 0.05) is 30.3 Å². The molecule has 6 nitrogen and oxygen atoms in total. The van der Waals surface area contributed by atoms with Gasteiger partial charge >= 0.3 is 0 Å². The van der Waals surface area contributed by atoms with Crippen molar-refractivity contribution in [2.45, 2.75) is 18.9 Å². The van der Waals surface area contributed by atoms with Gasteiger partial charge in [-0.15, -0.1) is 0 Å². The maximum Gasteiger partial charge on any atom is 0.259 e. The average molecular weight is 431 g/mol. The Morgan fingerprint density at radius 2 is 1.72 bits per heavy atom. The van der Waals surface area contributed by atoms with E-state index in [4.69, 9.17) is 9.47 Å². The number of carbonyl (C=O) groups is 2. The molecule has 1 atom stereocenters. The highest BCUT2D eigenvalue weighted by atomic mass is 16.5. The highest BCUT2D eigenvalue weighted by Gasteiger charge is 2.38. The van der Waals surface area contributed by atoms with Crippen molar-refractivity contribution in [3.8, 4) is 11.5 Å². The molecule has 1 aliphatic heterocycles. The van der Waals surface area contributed by atoms with Crippen molar-refractivity contribution in [2.24, 2.45) is 0 Å². The number of para-hydroxylation sites is 1. The topological polar surface area (TPSA) is 67.9 Å². The molecule has 0 spiro atoms. The van der Waals surface area contributed by atoms with Crippen molar-refractivity contribution in [1.82, 2.24) is 5.32 Å². The van der Waals surface area contributed by atoms with E-state index in [2.05, 4.69) is 5.32 Å². The van der Waals surface area contributed by atoms with Crippen LogP contribution >= 0.6 is 0 Å². The second-order valence-electron chi connectivity index (χ2n) is 7.61. The number of fused-ring (bicyclic) bond motifs is 1. The number of hydrogen-bond donors (Lipinski definition) is 1. The van der Waals surface area contributed by atoms with Crippen molar-refractivity contribution in [3.05, 3.63) is 89.5 Å². The van der Waals surface area contributed by atoms with Crippen LogP contribution in [0.25, 0.3) is 0 Å². The minimum Gasteiger partial charge on any atom is -0.497 e. The quantitative estimate of drug-likeness (QED) is 0.622. The second-order valence-corrected chi connectivity index (χ2v) is 7.61. The van der Waals surface area contributed by atoms with Gasteiger partial charge in [-0.2, -0.15) is 0 Å². The Bertz CT molecular complexity index is 1110. The normalized spacial score (nSPS) is 14.6. The van der Waals surface area contributed by atoms with Crippen molar-refractivity contribution < 1.29 is 19.1 Å². The van der Waals surface area contributed by atoms with E-state index in [1.165, 1.54) is 0 Å². The molecule has 0 bridgehead atoms. The van der Waals surface area contributed by atoms with Gasteiger partial charge in [-0.05, 0) is 41.8 Å². The molecule has 4 rings (SSSR count). The molecule has 32 heavy (non-hydrogen) atoms. The number of nitrogens with one attached hydrogen (secondary N) is 1. The number of amides is 2. The monoisotopic (exact) mass is 430 g/mol. The molecule has 0 saturated carbocycles. The molecular formula is C26H26N2O4. The Morgan fingerprint density at radius 3 is 2.47 bits per heavy atom. The van der Waals surface area contributed by atoms with Gasteiger partial charge in [-0.3, -0.25) is 14.5 Å². The smallest absolute Gasteiger partial charge is 0.259 e. The Labute approximate surface area is 187 Å². The summed E-state index contributed by atoms with van der Waals surface area (Å²) in [6.07, 6.45) is 1.09. The molecule has 164 valence electrons. The Morgan fingerprint density at radius 1 is 0.969 bits per heavy atom. The van der Waals surface area contributed by atoms with Crippen LogP contribution in [0.15, 0.2) is 72.8 Å². The van der Waals surface area contributed by atoms with Crippen LogP contribution in [0.1, 0.15) is 21.5 Å². The lowest BCUT2D eigenvalue weighted by Gasteiger charge is -2.25. The number of ether oxygens (including phenoxy) is 2. The fourth-order valence-electron chi connectivity index (χ4n) is 4.06. The number of anilines is 1. The van der Waals surface area contributed by atoms with E-state index in [1.807, 2.05) is 60.7 Å². The van der Waals surface area contributed by atoms with Crippen molar-refractivity contribution >= 4 is 17.5 Å². The van der Waals surface area contributed by atoms with Gasteiger partial charge in [0.1, 0.15) is 17.5 Å². The number of rotatable bonds is 7. The molecule has 1 aliphatic rings. The molecule has 6 heteroatoms. The summed E-state index contributed by atoms with van der Waals surface area (Å²) in [7, 11) is 3.22. The summed E-state index contributed by atoms with van der Waals surface area (Å²) in [5, 5.41) is 3.00. The van der Waals surface area contributed by atoms with Crippen LogP contribution in [-0.4, -0.2) is 38.6 Å². The summed E-state index contributed by atoms with van der Waals surface area (Å²) >= 11 is 0. The van der Waals surface area contributed by atoms with Gasteiger partial charge in [0.2, 0.25) is 5.91 Å². The molecule has 0 aliphatic carbocycles. The zero-order valence-corrected chi connectivity index (χ0v) is 18.2. The Hall–Kier alpha value is -3.80. The van der Waals surface area contributed by atoms with Crippen molar-refractivity contribution in [1.29, 1.82) is 0 Å². The third-order valence-electron chi connectivity index (χ3n) is 5.71. The van der Waals surface area contributed by atoms with Gasteiger partial charge in [0.25, 0.3) is 5.91 Å². The third-order valence-corrected chi connectivity index (χ3v) is 5.71. The second kappa shape index (κ2) is 9.56. The maximum atomic E-state index is 13.3. The van der Waals surface area contributed by atoms with Crippen LogP contribution in [0.2, 0.25) is 0 Å². The van der Waals surface area contributed by atoms with Gasteiger partial charge in [0.15, 0.2) is 0 Å². The van der Waals surface area contributed by atoms with E-state index in [1.54, 1.807) is 31.3 Å². The first kappa shape index (κ1) is 21.4. The van der Waals surface area contributed by atoms with Crippen LogP contribution in [0, 0.1) is 0 Å². The molecule has 3 aromatic carbocycles.